The number of H-pyrrole nitrogens is 1. The Morgan fingerprint density at radius 1 is 1.38 bits per heavy atom. The number of aryl methyl sites for hydroxylation is 2. The normalized spacial score (nSPS) is 10.4. The van der Waals surface area contributed by atoms with E-state index in [0.29, 0.717) is 17.0 Å². The van der Waals surface area contributed by atoms with Crippen molar-refractivity contribution in [2.75, 3.05) is 0 Å². The zero-order valence-corrected chi connectivity index (χ0v) is 8.85. The Hall–Kier alpha value is -2.24. The summed E-state index contributed by atoms with van der Waals surface area (Å²) in [4.78, 5) is 19.3. The molecule has 16 heavy (non-hydrogen) atoms. The number of rotatable bonds is 2. The summed E-state index contributed by atoms with van der Waals surface area (Å²) in [5.41, 5.74) is 2.45. The molecule has 2 aromatic heterocycles. The van der Waals surface area contributed by atoms with Gasteiger partial charge in [0, 0.05) is 6.20 Å². The zero-order valence-electron chi connectivity index (χ0n) is 8.85. The van der Waals surface area contributed by atoms with Gasteiger partial charge >= 0.3 is 5.97 Å². The van der Waals surface area contributed by atoms with E-state index in [-0.39, 0.29) is 5.69 Å². The van der Waals surface area contributed by atoms with Crippen LogP contribution in [0.1, 0.15) is 21.9 Å². The predicted octanol–water partition coefficient (Wildman–Crippen LogP) is 1.18. The second-order valence-corrected chi connectivity index (χ2v) is 3.41. The quantitative estimate of drug-likeness (QED) is 0.789. The second kappa shape index (κ2) is 3.73. The molecule has 82 valence electrons. The molecule has 0 unspecified atom stereocenters. The fraction of sp³-hybridized carbons (Fsp3) is 0.200. The van der Waals surface area contributed by atoms with Crippen LogP contribution < -0.4 is 0 Å². The van der Waals surface area contributed by atoms with Gasteiger partial charge in [-0.3, -0.25) is 10.1 Å². The third-order valence-electron chi connectivity index (χ3n) is 2.18. The largest absolute Gasteiger partial charge is 0.477 e. The average molecular weight is 218 g/mol. The Morgan fingerprint density at radius 3 is 2.81 bits per heavy atom. The Kier molecular flexibility index (Phi) is 2.40. The molecular formula is C10H10N4O2. The molecule has 0 amide bonds. The minimum absolute atomic E-state index is 0.0306. The lowest BCUT2D eigenvalue weighted by Gasteiger charge is -2.03. The van der Waals surface area contributed by atoms with Gasteiger partial charge in [0.25, 0.3) is 0 Å². The van der Waals surface area contributed by atoms with Crippen LogP contribution in [0.2, 0.25) is 0 Å². The summed E-state index contributed by atoms with van der Waals surface area (Å²) in [6.07, 6.45) is 3.08. The summed E-state index contributed by atoms with van der Waals surface area (Å²) in [6.45, 7) is 3.58. The standard InChI is InChI=1S/C10H10N4O2/c1-5-3-11-6(2)8(13-5)7-4-12-14-9(7)10(15)16/h3-4H,1-2H3,(H,12,14)(H,15,16). The minimum atomic E-state index is -1.06. The van der Waals surface area contributed by atoms with E-state index in [0.717, 1.165) is 5.69 Å². The first kappa shape index (κ1) is 10.3. The summed E-state index contributed by atoms with van der Waals surface area (Å²) in [5.74, 6) is -1.06. The van der Waals surface area contributed by atoms with E-state index in [4.69, 9.17) is 5.11 Å². The Bertz CT molecular complexity index is 548. The SMILES string of the molecule is Cc1cnc(C)c(-c2cn[nH]c2C(=O)O)n1. The summed E-state index contributed by atoms with van der Waals surface area (Å²) >= 11 is 0. The van der Waals surface area contributed by atoms with Crippen molar-refractivity contribution in [1.82, 2.24) is 20.2 Å². The van der Waals surface area contributed by atoms with Crippen molar-refractivity contribution in [1.29, 1.82) is 0 Å². The minimum Gasteiger partial charge on any atom is -0.477 e. The molecule has 0 aromatic carbocycles. The van der Waals surface area contributed by atoms with E-state index in [1.54, 1.807) is 20.0 Å². The number of hydrogen-bond donors (Lipinski definition) is 2. The lowest BCUT2D eigenvalue weighted by atomic mass is 10.1. The van der Waals surface area contributed by atoms with Crippen LogP contribution in [-0.4, -0.2) is 31.2 Å². The van der Waals surface area contributed by atoms with Crippen LogP contribution in [0.15, 0.2) is 12.4 Å². The smallest absolute Gasteiger partial charge is 0.354 e. The van der Waals surface area contributed by atoms with Gasteiger partial charge in [0.1, 0.15) is 0 Å². The Labute approximate surface area is 91.4 Å². The number of hydrogen-bond acceptors (Lipinski definition) is 4. The fourth-order valence-electron chi connectivity index (χ4n) is 1.42. The van der Waals surface area contributed by atoms with Crippen LogP contribution in [0, 0.1) is 13.8 Å². The molecule has 0 saturated carbocycles. The number of aromatic amines is 1. The summed E-state index contributed by atoms with van der Waals surface area (Å²) in [7, 11) is 0. The van der Waals surface area contributed by atoms with Crippen molar-refractivity contribution in [3.63, 3.8) is 0 Å². The van der Waals surface area contributed by atoms with E-state index < -0.39 is 5.97 Å². The maximum absolute atomic E-state index is 10.9. The summed E-state index contributed by atoms with van der Waals surface area (Å²) < 4.78 is 0. The van der Waals surface area contributed by atoms with E-state index in [1.165, 1.54) is 6.20 Å². The molecule has 0 bridgehead atoms. The van der Waals surface area contributed by atoms with Gasteiger partial charge in [0.15, 0.2) is 5.69 Å². The second-order valence-electron chi connectivity index (χ2n) is 3.41. The third kappa shape index (κ3) is 1.65. The molecule has 0 aliphatic heterocycles. The molecular weight excluding hydrogens is 208 g/mol. The molecule has 0 radical (unpaired) electrons. The van der Waals surface area contributed by atoms with Crippen LogP contribution >= 0.6 is 0 Å². The molecule has 2 aromatic rings. The van der Waals surface area contributed by atoms with Crippen LogP contribution in [0.25, 0.3) is 11.3 Å². The number of nitrogens with one attached hydrogen (secondary N) is 1. The van der Waals surface area contributed by atoms with Gasteiger partial charge in [-0.1, -0.05) is 0 Å². The van der Waals surface area contributed by atoms with Crippen LogP contribution in [-0.2, 0) is 0 Å². The maximum Gasteiger partial charge on any atom is 0.354 e. The van der Waals surface area contributed by atoms with E-state index >= 15 is 0 Å². The molecule has 6 heteroatoms. The highest BCUT2D eigenvalue weighted by Gasteiger charge is 2.17. The molecule has 2 N–H and O–H groups in total. The summed E-state index contributed by atoms with van der Waals surface area (Å²) in [6, 6.07) is 0. The number of carboxylic acid groups (broad SMARTS) is 1. The van der Waals surface area contributed by atoms with Crippen molar-refractivity contribution in [2.24, 2.45) is 0 Å². The van der Waals surface area contributed by atoms with Gasteiger partial charge in [-0.05, 0) is 13.8 Å². The zero-order chi connectivity index (χ0) is 11.7. The maximum atomic E-state index is 10.9. The number of aromatic carboxylic acids is 1. The van der Waals surface area contributed by atoms with E-state index in [1.807, 2.05) is 0 Å². The highest BCUT2D eigenvalue weighted by atomic mass is 16.4. The van der Waals surface area contributed by atoms with Crippen molar-refractivity contribution >= 4 is 5.97 Å². The highest BCUT2D eigenvalue weighted by Crippen LogP contribution is 2.22. The molecule has 0 aliphatic carbocycles. The fourth-order valence-corrected chi connectivity index (χ4v) is 1.42. The van der Waals surface area contributed by atoms with E-state index in [2.05, 4.69) is 20.2 Å². The molecule has 2 heterocycles. The molecule has 0 aliphatic rings. The van der Waals surface area contributed by atoms with Crippen molar-refractivity contribution in [2.45, 2.75) is 13.8 Å². The molecule has 0 spiro atoms. The van der Waals surface area contributed by atoms with Crippen LogP contribution in [0.4, 0.5) is 0 Å². The van der Waals surface area contributed by atoms with Crippen molar-refractivity contribution in [3.05, 3.63) is 29.5 Å². The Morgan fingerprint density at radius 2 is 2.12 bits per heavy atom. The monoisotopic (exact) mass is 218 g/mol. The van der Waals surface area contributed by atoms with Gasteiger partial charge in [0.05, 0.1) is 28.8 Å². The third-order valence-corrected chi connectivity index (χ3v) is 2.18. The van der Waals surface area contributed by atoms with Crippen molar-refractivity contribution < 1.29 is 9.90 Å². The Balaban J connectivity index is 2.62. The first-order valence-corrected chi connectivity index (χ1v) is 4.67. The summed E-state index contributed by atoms with van der Waals surface area (Å²) in [5, 5.41) is 15.1. The van der Waals surface area contributed by atoms with Crippen molar-refractivity contribution in [3.8, 4) is 11.3 Å². The topological polar surface area (TPSA) is 91.8 Å². The molecule has 0 saturated heterocycles. The van der Waals surface area contributed by atoms with Gasteiger partial charge < -0.3 is 5.11 Å². The average Bonchev–Trinajstić information content (AvgIpc) is 2.70. The lowest BCUT2D eigenvalue weighted by Crippen LogP contribution is -2.02. The first-order valence-electron chi connectivity index (χ1n) is 4.67. The molecule has 6 nitrogen and oxygen atoms in total. The predicted molar refractivity (Wildman–Crippen MR) is 56.0 cm³/mol. The van der Waals surface area contributed by atoms with Gasteiger partial charge in [-0.15, -0.1) is 0 Å². The highest BCUT2D eigenvalue weighted by molar-refractivity contribution is 5.93. The van der Waals surface area contributed by atoms with Crippen LogP contribution in [0.5, 0.6) is 0 Å². The number of carbonyl (C=O) groups is 1. The van der Waals surface area contributed by atoms with Gasteiger partial charge in [0.2, 0.25) is 0 Å². The number of nitrogens with zero attached hydrogens (tertiary/aromatic N) is 3. The first-order chi connectivity index (χ1) is 7.59. The molecule has 0 fully saturated rings. The van der Waals surface area contributed by atoms with Gasteiger partial charge in [-0.2, -0.15) is 5.10 Å². The number of carboxylic acids is 1. The van der Waals surface area contributed by atoms with Crippen LogP contribution in [0.3, 0.4) is 0 Å². The van der Waals surface area contributed by atoms with Gasteiger partial charge in [-0.25, -0.2) is 9.78 Å². The lowest BCUT2D eigenvalue weighted by molar-refractivity contribution is 0.0691. The molecule has 0 atom stereocenters. The van der Waals surface area contributed by atoms with E-state index in [9.17, 15) is 4.79 Å². The number of aromatic nitrogens is 4. The molecule has 2 rings (SSSR count).